The third kappa shape index (κ3) is 3.52. The molecule has 0 N–H and O–H groups in total. The molecule has 2 aromatic heterocycles. The number of benzene rings is 1. The average molecular weight is 362 g/mol. The Morgan fingerprint density at radius 1 is 1.19 bits per heavy atom. The smallest absolute Gasteiger partial charge is 0.143 e. The summed E-state index contributed by atoms with van der Waals surface area (Å²) >= 11 is 0. The predicted molar refractivity (Wildman–Crippen MR) is 108 cm³/mol. The highest BCUT2D eigenvalue weighted by molar-refractivity contribution is 5.88. The molecule has 3 heterocycles. The fourth-order valence-electron chi connectivity index (χ4n) is 3.92. The van der Waals surface area contributed by atoms with Crippen molar-refractivity contribution in [1.29, 1.82) is 0 Å². The molecular weight excluding hydrogens is 336 g/mol. The number of fused-ring (bicyclic) bond motifs is 1. The number of ketones is 1. The van der Waals surface area contributed by atoms with Crippen molar-refractivity contribution in [2.45, 2.75) is 26.7 Å². The second-order valence-corrected chi connectivity index (χ2v) is 7.51. The van der Waals surface area contributed by atoms with Crippen molar-refractivity contribution in [2.75, 3.05) is 19.6 Å². The van der Waals surface area contributed by atoms with E-state index in [1.807, 2.05) is 26.4 Å². The van der Waals surface area contributed by atoms with Crippen molar-refractivity contribution in [3.63, 3.8) is 0 Å². The van der Waals surface area contributed by atoms with Crippen LogP contribution in [-0.2, 0) is 18.3 Å². The highest BCUT2D eigenvalue weighted by Crippen LogP contribution is 2.25. The lowest BCUT2D eigenvalue weighted by atomic mass is 9.98. The number of rotatable bonds is 5. The summed E-state index contributed by atoms with van der Waals surface area (Å²) in [6.07, 6.45) is 5.18. The molecule has 3 aromatic rings. The number of likely N-dealkylation sites (tertiary alicyclic amines) is 1. The minimum atomic E-state index is 0.159. The maximum absolute atomic E-state index is 12.7. The van der Waals surface area contributed by atoms with Crippen molar-refractivity contribution in [3.05, 3.63) is 48.2 Å². The van der Waals surface area contributed by atoms with Crippen LogP contribution < -0.4 is 0 Å². The first-order chi connectivity index (χ1) is 13.0. The SMILES string of the molecule is CCN1CCC(C(=O)Cc2cc3cc(-c4cnc(C)n4C)ccc3cn2)C1. The summed E-state index contributed by atoms with van der Waals surface area (Å²) < 4.78 is 2.09. The van der Waals surface area contributed by atoms with E-state index in [4.69, 9.17) is 0 Å². The van der Waals surface area contributed by atoms with Gasteiger partial charge in [-0.2, -0.15) is 0 Å². The zero-order chi connectivity index (χ0) is 19.0. The first-order valence-electron chi connectivity index (χ1n) is 9.67. The van der Waals surface area contributed by atoms with Gasteiger partial charge in [-0.1, -0.05) is 19.1 Å². The Morgan fingerprint density at radius 2 is 2.04 bits per heavy atom. The zero-order valence-corrected chi connectivity index (χ0v) is 16.3. The molecule has 1 atom stereocenters. The largest absolute Gasteiger partial charge is 0.331 e. The van der Waals surface area contributed by atoms with Crippen LogP contribution in [0.3, 0.4) is 0 Å². The summed E-state index contributed by atoms with van der Waals surface area (Å²) in [4.78, 5) is 23.9. The van der Waals surface area contributed by atoms with Crippen LogP contribution in [0.2, 0.25) is 0 Å². The summed E-state index contributed by atoms with van der Waals surface area (Å²) in [5, 5.41) is 2.21. The molecule has 0 aliphatic carbocycles. The molecule has 140 valence electrons. The lowest BCUT2D eigenvalue weighted by Crippen LogP contribution is -2.24. The van der Waals surface area contributed by atoms with Crippen molar-refractivity contribution < 1.29 is 4.79 Å². The number of imidazole rings is 1. The predicted octanol–water partition coefficient (Wildman–Crippen LogP) is 3.40. The Kier molecular flexibility index (Phi) is 4.79. The second-order valence-electron chi connectivity index (χ2n) is 7.51. The molecular formula is C22H26N4O. The van der Waals surface area contributed by atoms with E-state index < -0.39 is 0 Å². The Balaban J connectivity index is 1.58. The number of Topliss-reactive ketones (excluding diaryl/α,β-unsaturated/α-hetero) is 1. The molecule has 4 rings (SSSR count). The Bertz CT molecular complexity index is 991. The van der Waals surface area contributed by atoms with Crippen LogP contribution in [-0.4, -0.2) is 44.9 Å². The van der Waals surface area contributed by atoms with Crippen LogP contribution in [0.15, 0.2) is 36.7 Å². The van der Waals surface area contributed by atoms with E-state index in [1.54, 1.807) is 0 Å². The van der Waals surface area contributed by atoms with Gasteiger partial charge in [0.15, 0.2) is 0 Å². The highest BCUT2D eigenvalue weighted by Gasteiger charge is 2.27. The van der Waals surface area contributed by atoms with Gasteiger partial charge in [0.05, 0.1) is 11.9 Å². The van der Waals surface area contributed by atoms with Gasteiger partial charge in [0.25, 0.3) is 0 Å². The third-order valence-electron chi connectivity index (χ3n) is 5.82. The fourth-order valence-corrected chi connectivity index (χ4v) is 3.92. The van der Waals surface area contributed by atoms with Gasteiger partial charge in [-0.3, -0.25) is 9.78 Å². The van der Waals surface area contributed by atoms with Crippen molar-refractivity contribution >= 4 is 16.6 Å². The van der Waals surface area contributed by atoms with E-state index in [2.05, 4.69) is 50.6 Å². The van der Waals surface area contributed by atoms with Crippen LogP contribution >= 0.6 is 0 Å². The van der Waals surface area contributed by atoms with Gasteiger partial charge in [0, 0.05) is 48.8 Å². The van der Waals surface area contributed by atoms with E-state index in [0.29, 0.717) is 12.2 Å². The van der Waals surface area contributed by atoms with Gasteiger partial charge in [-0.15, -0.1) is 0 Å². The number of pyridine rings is 1. The van der Waals surface area contributed by atoms with Crippen LogP contribution in [0.5, 0.6) is 0 Å². The molecule has 27 heavy (non-hydrogen) atoms. The number of hydrogen-bond donors (Lipinski definition) is 0. The van der Waals surface area contributed by atoms with E-state index in [0.717, 1.165) is 59.6 Å². The molecule has 5 heteroatoms. The van der Waals surface area contributed by atoms with Crippen LogP contribution in [0, 0.1) is 12.8 Å². The Labute approximate surface area is 160 Å². The first-order valence-corrected chi connectivity index (χ1v) is 9.67. The van der Waals surface area contributed by atoms with E-state index in [9.17, 15) is 4.79 Å². The van der Waals surface area contributed by atoms with Gasteiger partial charge in [0.1, 0.15) is 11.6 Å². The number of carbonyl (C=O) groups is 1. The summed E-state index contributed by atoms with van der Waals surface area (Å²) in [6, 6.07) is 8.41. The molecule has 0 spiro atoms. The first kappa shape index (κ1) is 17.9. The third-order valence-corrected chi connectivity index (χ3v) is 5.82. The van der Waals surface area contributed by atoms with Crippen molar-refractivity contribution in [1.82, 2.24) is 19.4 Å². The summed E-state index contributed by atoms with van der Waals surface area (Å²) in [7, 11) is 2.03. The number of aryl methyl sites for hydroxylation is 1. The maximum atomic E-state index is 12.7. The molecule has 1 saturated heterocycles. The molecule has 1 aliphatic rings. The number of hydrogen-bond acceptors (Lipinski definition) is 4. The maximum Gasteiger partial charge on any atom is 0.143 e. The lowest BCUT2D eigenvalue weighted by Gasteiger charge is -2.12. The molecule has 1 fully saturated rings. The summed E-state index contributed by atoms with van der Waals surface area (Å²) in [5.74, 6) is 1.46. The highest BCUT2D eigenvalue weighted by atomic mass is 16.1. The second kappa shape index (κ2) is 7.24. The fraction of sp³-hybridized carbons (Fsp3) is 0.409. The topological polar surface area (TPSA) is 51.0 Å². The zero-order valence-electron chi connectivity index (χ0n) is 16.3. The van der Waals surface area contributed by atoms with Gasteiger partial charge in [-0.25, -0.2) is 4.98 Å². The van der Waals surface area contributed by atoms with Crippen LogP contribution in [0.4, 0.5) is 0 Å². The Morgan fingerprint density at radius 3 is 2.74 bits per heavy atom. The van der Waals surface area contributed by atoms with E-state index in [-0.39, 0.29) is 5.92 Å². The summed E-state index contributed by atoms with van der Waals surface area (Å²) in [5.41, 5.74) is 3.08. The van der Waals surface area contributed by atoms with Crippen LogP contribution in [0.1, 0.15) is 24.9 Å². The van der Waals surface area contributed by atoms with Gasteiger partial charge in [0.2, 0.25) is 0 Å². The molecule has 0 bridgehead atoms. The molecule has 1 aliphatic heterocycles. The lowest BCUT2D eigenvalue weighted by molar-refractivity contribution is -0.121. The van der Waals surface area contributed by atoms with E-state index in [1.165, 1.54) is 0 Å². The molecule has 5 nitrogen and oxygen atoms in total. The van der Waals surface area contributed by atoms with E-state index >= 15 is 0 Å². The molecule has 0 amide bonds. The number of carbonyl (C=O) groups excluding carboxylic acids is 1. The molecule has 1 aromatic carbocycles. The average Bonchev–Trinajstić information content (AvgIpc) is 3.29. The summed E-state index contributed by atoms with van der Waals surface area (Å²) in [6.45, 7) is 7.10. The molecule has 1 unspecified atom stereocenters. The normalized spacial score (nSPS) is 17.7. The Hall–Kier alpha value is -2.53. The van der Waals surface area contributed by atoms with Gasteiger partial charge in [-0.05, 0) is 44.0 Å². The van der Waals surface area contributed by atoms with Crippen LogP contribution in [0.25, 0.3) is 22.0 Å². The van der Waals surface area contributed by atoms with Gasteiger partial charge < -0.3 is 9.47 Å². The standard InChI is InChI=1S/C22H26N4O/c1-4-26-8-7-18(14-26)22(27)11-20-10-19-9-16(5-6-17(19)12-24-20)21-13-23-15(2)25(21)3/h5-6,9-10,12-13,18H,4,7-8,11,14H2,1-3H3. The monoisotopic (exact) mass is 362 g/mol. The quantitative estimate of drug-likeness (QED) is 0.698. The molecule has 0 radical (unpaired) electrons. The van der Waals surface area contributed by atoms with Crippen molar-refractivity contribution in [2.24, 2.45) is 13.0 Å². The van der Waals surface area contributed by atoms with Crippen molar-refractivity contribution in [3.8, 4) is 11.3 Å². The minimum absolute atomic E-state index is 0.159. The number of nitrogens with zero attached hydrogens (tertiary/aromatic N) is 4. The molecule has 0 saturated carbocycles. The van der Waals surface area contributed by atoms with Gasteiger partial charge >= 0.3 is 0 Å². The number of aromatic nitrogens is 3. The minimum Gasteiger partial charge on any atom is -0.331 e.